The van der Waals surface area contributed by atoms with E-state index in [9.17, 15) is 13.2 Å². The zero-order chi connectivity index (χ0) is 21.0. The minimum atomic E-state index is -3.85. The first kappa shape index (κ1) is 22.1. The summed E-state index contributed by atoms with van der Waals surface area (Å²) in [6.45, 7) is 3.80. The van der Waals surface area contributed by atoms with Gasteiger partial charge in [0.2, 0.25) is 5.91 Å². The van der Waals surface area contributed by atoms with Crippen LogP contribution in [-0.4, -0.2) is 64.4 Å². The third-order valence-corrected chi connectivity index (χ3v) is 5.12. The van der Waals surface area contributed by atoms with Crippen LogP contribution >= 0.6 is 0 Å². The van der Waals surface area contributed by atoms with E-state index in [4.69, 9.17) is 23.1 Å². The van der Waals surface area contributed by atoms with E-state index in [0.29, 0.717) is 6.61 Å². The van der Waals surface area contributed by atoms with Crippen molar-refractivity contribution in [1.29, 1.82) is 0 Å². The minimum Gasteiger partial charge on any atom is -0.350 e. The normalized spacial score (nSPS) is 32.4. The second-order valence-corrected chi connectivity index (χ2v) is 8.68. The molecule has 1 aromatic rings. The number of hydrogen-bond donors (Lipinski definition) is 1. The molecule has 0 saturated carbocycles. The average molecular weight is 429 g/mol. The topological polar surface area (TPSA) is 109 Å². The van der Waals surface area contributed by atoms with E-state index in [0.717, 1.165) is 18.2 Å². The molecule has 6 atom stereocenters. The molecule has 29 heavy (non-hydrogen) atoms. The molecule has 1 aromatic carbocycles. The second kappa shape index (κ2) is 9.50. The van der Waals surface area contributed by atoms with Gasteiger partial charge in [-0.05, 0) is 6.42 Å². The fourth-order valence-corrected chi connectivity index (χ4v) is 4.06. The molecule has 2 saturated heterocycles. The Balaban J connectivity index is 1.90. The molecule has 9 nitrogen and oxygen atoms in total. The van der Waals surface area contributed by atoms with Crippen LogP contribution < -0.4 is 5.32 Å². The van der Waals surface area contributed by atoms with Crippen LogP contribution in [0, 0.1) is 0 Å². The van der Waals surface area contributed by atoms with Crippen LogP contribution in [0.5, 0.6) is 0 Å². The molecule has 0 aromatic heterocycles. The highest BCUT2D eigenvalue weighted by Crippen LogP contribution is 2.36. The molecule has 10 heteroatoms. The Morgan fingerprint density at radius 2 is 1.97 bits per heavy atom. The van der Waals surface area contributed by atoms with Gasteiger partial charge in [0, 0.05) is 19.1 Å². The lowest BCUT2D eigenvalue weighted by Gasteiger charge is -2.48. The molecule has 0 spiro atoms. The minimum absolute atomic E-state index is 0.159. The van der Waals surface area contributed by atoms with Crippen LogP contribution in [0.25, 0.3) is 0 Å². The van der Waals surface area contributed by atoms with E-state index in [2.05, 4.69) is 5.32 Å². The summed E-state index contributed by atoms with van der Waals surface area (Å²) in [7, 11) is -3.85. The number of carbonyl (C=O) groups is 1. The molecule has 2 fully saturated rings. The maximum absolute atomic E-state index is 12.0. The van der Waals surface area contributed by atoms with Crippen LogP contribution in [0.1, 0.15) is 32.1 Å². The number of nitrogens with one attached hydrogen (secondary N) is 1. The highest BCUT2D eigenvalue weighted by Gasteiger charge is 2.52. The van der Waals surface area contributed by atoms with Crippen molar-refractivity contribution in [3.8, 4) is 0 Å². The molecule has 2 heterocycles. The lowest BCUT2D eigenvalue weighted by molar-refractivity contribution is -0.340. The molecule has 0 aliphatic carbocycles. The number of benzene rings is 1. The van der Waals surface area contributed by atoms with Crippen molar-refractivity contribution in [3.63, 3.8) is 0 Å². The zero-order valence-corrected chi connectivity index (χ0v) is 17.5. The first-order chi connectivity index (χ1) is 13.8. The van der Waals surface area contributed by atoms with Crippen molar-refractivity contribution in [3.05, 3.63) is 35.9 Å². The van der Waals surface area contributed by atoms with Crippen LogP contribution in [0.4, 0.5) is 0 Å². The summed E-state index contributed by atoms with van der Waals surface area (Å²) in [5, 5.41) is 2.70. The summed E-state index contributed by atoms with van der Waals surface area (Å²) in [4.78, 5) is 11.8. The largest absolute Gasteiger partial charge is 0.350 e. The Morgan fingerprint density at radius 1 is 1.24 bits per heavy atom. The molecule has 3 rings (SSSR count). The SMILES string of the molecule is CCCO[C@@H]1O[C@@H]2CO[C@@H](c3ccccc3)O[C@H]2[C@@H](OS(C)(=O)=O)[C@H]1NC(C)=O. The maximum Gasteiger partial charge on any atom is 0.264 e. The van der Waals surface area contributed by atoms with Crippen LogP contribution in [-0.2, 0) is 38.0 Å². The fourth-order valence-electron chi connectivity index (χ4n) is 3.43. The molecule has 1 N–H and O–H groups in total. The van der Waals surface area contributed by atoms with Crippen molar-refractivity contribution in [2.45, 2.75) is 57.2 Å². The molecule has 0 bridgehead atoms. The molecule has 0 unspecified atom stereocenters. The average Bonchev–Trinajstić information content (AvgIpc) is 2.67. The Labute approximate surface area is 170 Å². The van der Waals surface area contributed by atoms with Gasteiger partial charge in [-0.1, -0.05) is 37.3 Å². The molecule has 1 amide bonds. The lowest BCUT2D eigenvalue weighted by Crippen LogP contribution is -2.67. The van der Waals surface area contributed by atoms with Gasteiger partial charge in [-0.25, -0.2) is 0 Å². The van der Waals surface area contributed by atoms with E-state index in [-0.39, 0.29) is 12.5 Å². The third kappa shape index (κ3) is 5.74. The quantitative estimate of drug-likeness (QED) is 0.642. The highest BCUT2D eigenvalue weighted by molar-refractivity contribution is 7.86. The summed E-state index contributed by atoms with van der Waals surface area (Å²) in [6, 6.07) is 8.40. The Hall–Kier alpha value is -1.56. The summed E-state index contributed by atoms with van der Waals surface area (Å²) in [6.07, 6.45) is -2.37. The number of carbonyl (C=O) groups excluding carboxylic acids is 1. The van der Waals surface area contributed by atoms with Gasteiger partial charge in [0.1, 0.15) is 24.4 Å². The molecule has 162 valence electrons. The summed E-state index contributed by atoms with van der Waals surface area (Å²) in [5.41, 5.74) is 0.782. The van der Waals surface area contributed by atoms with Crippen molar-refractivity contribution in [1.82, 2.24) is 5.32 Å². The summed E-state index contributed by atoms with van der Waals surface area (Å²) < 4.78 is 52.9. The van der Waals surface area contributed by atoms with Gasteiger partial charge in [0.25, 0.3) is 10.1 Å². The molecule has 2 aliphatic heterocycles. The number of fused-ring (bicyclic) bond motifs is 1. The van der Waals surface area contributed by atoms with Crippen molar-refractivity contribution in [2.24, 2.45) is 0 Å². The summed E-state index contributed by atoms with van der Waals surface area (Å²) in [5.74, 6) is -0.365. The predicted molar refractivity (Wildman–Crippen MR) is 102 cm³/mol. The van der Waals surface area contributed by atoms with E-state index < -0.39 is 47.1 Å². The van der Waals surface area contributed by atoms with Gasteiger partial charge >= 0.3 is 0 Å². The third-order valence-electron chi connectivity index (χ3n) is 4.55. The standard InChI is InChI=1S/C19H27NO8S/c1-4-10-24-19-15(20-12(2)21)17(28-29(3,22)23)16-14(26-19)11-25-18(27-16)13-8-6-5-7-9-13/h5-9,14-19H,4,10-11H2,1-3H3,(H,20,21)/t14-,15-,16-,17+,18-,19-/m1/s1. The molecular formula is C19H27NO8S. The number of ether oxygens (including phenoxy) is 4. The number of amides is 1. The lowest BCUT2D eigenvalue weighted by atomic mass is 9.95. The smallest absolute Gasteiger partial charge is 0.264 e. The predicted octanol–water partition coefficient (Wildman–Crippen LogP) is 1.10. The number of rotatable bonds is 7. The van der Waals surface area contributed by atoms with E-state index in [1.807, 2.05) is 37.3 Å². The van der Waals surface area contributed by atoms with Gasteiger partial charge < -0.3 is 24.3 Å². The van der Waals surface area contributed by atoms with Gasteiger partial charge in [-0.3, -0.25) is 8.98 Å². The summed E-state index contributed by atoms with van der Waals surface area (Å²) >= 11 is 0. The van der Waals surface area contributed by atoms with Gasteiger partial charge in [-0.2, -0.15) is 8.42 Å². The van der Waals surface area contributed by atoms with E-state index >= 15 is 0 Å². The zero-order valence-electron chi connectivity index (χ0n) is 16.6. The van der Waals surface area contributed by atoms with Gasteiger partial charge in [-0.15, -0.1) is 0 Å². The Kier molecular flexibility index (Phi) is 7.25. The first-order valence-corrected chi connectivity index (χ1v) is 11.3. The van der Waals surface area contributed by atoms with Crippen molar-refractivity contribution in [2.75, 3.05) is 19.5 Å². The maximum atomic E-state index is 12.0. The molecule has 0 radical (unpaired) electrons. The van der Waals surface area contributed by atoms with Crippen molar-refractivity contribution >= 4 is 16.0 Å². The van der Waals surface area contributed by atoms with E-state index in [1.54, 1.807) is 0 Å². The second-order valence-electron chi connectivity index (χ2n) is 7.08. The van der Waals surface area contributed by atoms with Crippen LogP contribution in [0.2, 0.25) is 0 Å². The fraction of sp³-hybridized carbons (Fsp3) is 0.632. The Morgan fingerprint density at radius 3 is 2.59 bits per heavy atom. The number of hydrogen-bond acceptors (Lipinski definition) is 8. The van der Waals surface area contributed by atoms with Crippen LogP contribution in [0.15, 0.2) is 30.3 Å². The van der Waals surface area contributed by atoms with Gasteiger partial charge in [0.15, 0.2) is 12.6 Å². The van der Waals surface area contributed by atoms with Crippen molar-refractivity contribution < 1.29 is 36.3 Å². The highest BCUT2D eigenvalue weighted by atomic mass is 32.2. The monoisotopic (exact) mass is 429 g/mol. The molecule has 2 aliphatic rings. The van der Waals surface area contributed by atoms with Gasteiger partial charge in [0.05, 0.1) is 12.9 Å². The molecular weight excluding hydrogens is 402 g/mol. The van der Waals surface area contributed by atoms with E-state index in [1.165, 1.54) is 6.92 Å². The first-order valence-electron chi connectivity index (χ1n) is 9.53. The van der Waals surface area contributed by atoms with Crippen LogP contribution in [0.3, 0.4) is 0 Å². The Bertz CT molecular complexity index is 787.